The van der Waals surface area contributed by atoms with E-state index in [0.717, 1.165) is 0 Å². The lowest BCUT2D eigenvalue weighted by Gasteiger charge is -2.45. The van der Waals surface area contributed by atoms with Crippen molar-refractivity contribution in [2.75, 3.05) is 13.1 Å². The monoisotopic (exact) mass is 187 g/mol. The van der Waals surface area contributed by atoms with Gasteiger partial charge in [0.1, 0.15) is 6.10 Å². The van der Waals surface area contributed by atoms with Crippen molar-refractivity contribution >= 4 is 5.91 Å². The maximum absolute atomic E-state index is 11.4. The predicted molar refractivity (Wildman–Crippen MR) is 48.0 cm³/mol. The highest BCUT2D eigenvalue weighted by Crippen LogP contribution is 2.21. The van der Waals surface area contributed by atoms with Crippen molar-refractivity contribution in [3.8, 4) is 0 Å². The van der Waals surface area contributed by atoms with Gasteiger partial charge in [-0.25, -0.2) is 0 Å². The number of rotatable bonds is 2. The highest BCUT2D eigenvalue weighted by Gasteiger charge is 2.41. The Balaban J connectivity index is 2.43. The Hall–Kier alpha value is -0.610. The van der Waals surface area contributed by atoms with Gasteiger partial charge in [0.15, 0.2) is 0 Å². The Bertz CT molecular complexity index is 205. The Morgan fingerprint density at radius 2 is 1.92 bits per heavy atom. The van der Waals surface area contributed by atoms with Crippen LogP contribution in [0.4, 0.5) is 0 Å². The second kappa shape index (κ2) is 3.27. The minimum atomic E-state index is -0.934. The molecular formula is C9H17NO3. The first-order valence-electron chi connectivity index (χ1n) is 4.53. The van der Waals surface area contributed by atoms with Crippen LogP contribution < -0.4 is 0 Å². The fourth-order valence-electron chi connectivity index (χ4n) is 1.40. The van der Waals surface area contributed by atoms with E-state index in [2.05, 4.69) is 0 Å². The maximum Gasteiger partial charge on any atom is 0.251 e. The van der Waals surface area contributed by atoms with Crippen LogP contribution in [0.3, 0.4) is 0 Å². The molecule has 0 aromatic rings. The summed E-state index contributed by atoms with van der Waals surface area (Å²) in [6.07, 6.45) is -0.934. The molecule has 1 aliphatic heterocycles. The summed E-state index contributed by atoms with van der Waals surface area (Å²) in [6.45, 7) is 5.92. The van der Waals surface area contributed by atoms with Crippen molar-refractivity contribution in [3.05, 3.63) is 0 Å². The Morgan fingerprint density at radius 1 is 1.46 bits per heavy atom. The molecule has 0 unspecified atom stereocenters. The number of hydrogen-bond donors (Lipinski definition) is 2. The molecule has 1 rings (SSSR count). The molecule has 0 aliphatic carbocycles. The lowest BCUT2D eigenvalue weighted by atomic mass is 9.94. The molecule has 0 bridgehead atoms. The Labute approximate surface area is 78.2 Å². The molecule has 0 aromatic carbocycles. The zero-order chi connectivity index (χ0) is 10.2. The molecule has 0 aromatic heterocycles. The van der Waals surface area contributed by atoms with Gasteiger partial charge in [0, 0.05) is 0 Å². The molecule has 4 heteroatoms. The molecular weight excluding hydrogens is 170 g/mol. The molecule has 2 N–H and O–H groups in total. The zero-order valence-corrected chi connectivity index (χ0v) is 8.32. The second-order valence-electron chi connectivity index (χ2n) is 4.38. The molecule has 1 amide bonds. The summed E-state index contributed by atoms with van der Waals surface area (Å²) in [5, 5.41) is 18.8. The van der Waals surface area contributed by atoms with Gasteiger partial charge in [-0.2, -0.15) is 0 Å². The largest absolute Gasteiger partial charge is 0.386 e. The lowest BCUT2D eigenvalue weighted by Crippen LogP contribution is -2.63. The molecule has 1 heterocycles. The topological polar surface area (TPSA) is 60.8 Å². The van der Waals surface area contributed by atoms with Gasteiger partial charge >= 0.3 is 0 Å². The lowest BCUT2D eigenvalue weighted by molar-refractivity contribution is -0.162. The van der Waals surface area contributed by atoms with Gasteiger partial charge in [0.25, 0.3) is 5.91 Å². The standard InChI is InChI=1S/C9H17NO3/c1-6(2)7(11)8(12)10-4-9(3,13)5-10/h6-7,11,13H,4-5H2,1-3H3/t7-/m1/s1. The number of β-amino-alcohol motifs (C(OH)–C–C–N with tert-alkyl or cyclic N) is 1. The minimum Gasteiger partial charge on any atom is -0.386 e. The van der Waals surface area contributed by atoms with Crippen LogP contribution in [0.2, 0.25) is 0 Å². The van der Waals surface area contributed by atoms with E-state index >= 15 is 0 Å². The molecule has 1 saturated heterocycles. The summed E-state index contributed by atoms with van der Waals surface area (Å²) in [5.41, 5.74) is -0.758. The van der Waals surface area contributed by atoms with Gasteiger partial charge in [-0.15, -0.1) is 0 Å². The third-order valence-electron chi connectivity index (χ3n) is 2.26. The number of aliphatic hydroxyl groups is 2. The van der Waals surface area contributed by atoms with Crippen molar-refractivity contribution in [3.63, 3.8) is 0 Å². The number of aliphatic hydroxyl groups excluding tert-OH is 1. The van der Waals surface area contributed by atoms with Crippen LogP contribution in [0.5, 0.6) is 0 Å². The molecule has 0 radical (unpaired) electrons. The van der Waals surface area contributed by atoms with E-state index in [9.17, 15) is 15.0 Å². The minimum absolute atomic E-state index is 0.0713. The highest BCUT2D eigenvalue weighted by molar-refractivity contribution is 5.81. The van der Waals surface area contributed by atoms with E-state index in [0.29, 0.717) is 13.1 Å². The molecule has 1 fully saturated rings. The molecule has 4 nitrogen and oxygen atoms in total. The van der Waals surface area contributed by atoms with E-state index in [1.165, 1.54) is 4.90 Å². The summed E-state index contributed by atoms with van der Waals surface area (Å²) in [4.78, 5) is 12.9. The number of carbonyl (C=O) groups is 1. The average molecular weight is 187 g/mol. The van der Waals surface area contributed by atoms with Crippen molar-refractivity contribution in [2.24, 2.45) is 5.92 Å². The van der Waals surface area contributed by atoms with Crippen LogP contribution in [-0.4, -0.2) is 45.8 Å². The molecule has 0 spiro atoms. The van der Waals surface area contributed by atoms with Crippen LogP contribution >= 0.6 is 0 Å². The number of hydrogen-bond acceptors (Lipinski definition) is 3. The zero-order valence-electron chi connectivity index (χ0n) is 8.32. The van der Waals surface area contributed by atoms with Crippen molar-refractivity contribution in [2.45, 2.75) is 32.5 Å². The van der Waals surface area contributed by atoms with Gasteiger partial charge in [0.05, 0.1) is 18.7 Å². The van der Waals surface area contributed by atoms with Crippen LogP contribution in [0, 0.1) is 5.92 Å². The number of nitrogens with zero attached hydrogens (tertiary/aromatic N) is 1. The molecule has 13 heavy (non-hydrogen) atoms. The summed E-state index contributed by atoms with van der Waals surface area (Å²) >= 11 is 0. The predicted octanol–water partition coefficient (Wildman–Crippen LogP) is -0.403. The first-order chi connectivity index (χ1) is 5.83. The van der Waals surface area contributed by atoms with E-state index in [1.807, 2.05) is 0 Å². The summed E-state index contributed by atoms with van der Waals surface area (Å²) in [6, 6.07) is 0. The highest BCUT2D eigenvalue weighted by atomic mass is 16.3. The summed E-state index contributed by atoms with van der Waals surface area (Å²) in [5.74, 6) is -0.348. The van der Waals surface area contributed by atoms with Crippen molar-refractivity contribution < 1.29 is 15.0 Å². The van der Waals surface area contributed by atoms with Crippen LogP contribution in [-0.2, 0) is 4.79 Å². The molecule has 1 atom stereocenters. The van der Waals surface area contributed by atoms with Gasteiger partial charge in [0.2, 0.25) is 0 Å². The summed E-state index contributed by atoms with van der Waals surface area (Å²) < 4.78 is 0. The smallest absolute Gasteiger partial charge is 0.251 e. The maximum atomic E-state index is 11.4. The number of carbonyl (C=O) groups excluding carboxylic acids is 1. The quantitative estimate of drug-likeness (QED) is 0.618. The van der Waals surface area contributed by atoms with E-state index < -0.39 is 11.7 Å². The van der Waals surface area contributed by atoms with Crippen LogP contribution in [0.1, 0.15) is 20.8 Å². The van der Waals surface area contributed by atoms with Gasteiger partial charge < -0.3 is 15.1 Å². The van der Waals surface area contributed by atoms with E-state index in [-0.39, 0.29) is 11.8 Å². The second-order valence-corrected chi connectivity index (χ2v) is 4.38. The molecule has 1 aliphatic rings. The SMILES string of the molecule is CC(C)[C@@H](O)C(=O)N1CC(C)(O)C1. The average Bonchev–Trinajstić information content (AvgIpc) is 1.97. The van der Waals surface area contributed by atoms with Crippen molar-refractivity contribution in [1.29, 1.82) is 0 Å². The third-order valence-corrected chi connectivity index (χ3v) is 2.26. The first-order valence-corrected chi connectivity index (χ1v) is 4.53. The Morgan fingerprint density at radius 3 is 2.23 bits per heavy atom. The first kappa shape index (κ1) is 10.5. The van der Waals surface area contributed by atoms with E-state index in [1.54, 1.807) is 20.8 Å². The number of amides is 1. The number of likely N-dealkylation sites (tertiary alicyclic amines) is 1. The van der Waals surface area contributed by atoms with E-state index in [4.69, 9.17) is 0 Å². The van der Waals surface area contributed by atoms with Crippen LogP contribution in [0.25, 0.3) is 0 Å². The normalized spacial score (nSPS) is 22.8. The fraction of sp³-hybridized carbons (Fsp3) is 0.889. The van der Waals surface area contributed by atoms with Gasteiger partial charge in [-0.1, -0.05) is 13.8 Å². The molecule has 76 valence electrons. The molecule has 0 saturated carbocycles. The third kappa shape index (κ3) is 2.19. The Kier molecular flexibility index (Phi) is 2.63. The fourth-order valence-corrected chi connectivity index (χ4v) is 1.40. The van der Waals surface area contributed by atoms with Gasteiger partial charge in [-0.05, 0) is 12.8 Å². The summed E-state index contributed by atoms with van der Waals surface area (Å²) in [7, 11) is 0. The van der Waals surface area contributed by atoms with Crippen LogP contribution in [0.15, 0.2) is 0 Å². The van der Waals surface area contributed by atoms with Crippen molar-refractivity contribution in [1.82, 2.24) is 4.90 Å². The van der Waals surface area contributed by atoms with Gasteiger partial charge in [-0.3, -0.25) is 4.79 Å².